The number of hydrogen-bond donors (Lipinski definition) is 2. The zero-order chi connectivity index (χ0) is 16.3. The van der Waals surface area contributed by atoms with Crippen LogP contribution in [0.2, 0.25) is 0 Å². The number of nitrogens with zero attached hydrogens (tertiary/aromatic N) is 1. The van der Waals surface area contributed by atoms with Gasteiger partial charge in [0.25, 0.3) is 0 Å². The third-order valence-electron chi connectivity index (χ3n) is 5.20. The Balaban J connectivity index is 1.90. The molecule has 2 N–H and O–H groups in total. The summed E-state index contributed by atoms with van der Waals surface area (Å²) >= 11 is 0. The summed E-state index contributed by atoms with van der Waals surface area (Å²) in [4.78, 5) is 14.5. The van der Waals surface area contributed by atoms with Gasteiger partial charge in [-0.15, -0.1) is 0 Å². The Morgan fingerprint density at radius 1 is 1.39 bits per heavy atom. The second-order valence-electron chi connectivity index (χ2n) is 6.41. The third kappa shape index (κ3) is 1.98. The second-order valence-corrected chi connectivity index (χ2v) is 6.41. The molecule has 122 valence electrons. The number of likely N-dealkylation sites (tertiary alicyclic amines) is 1. The van der Waals surface area contributed by atoms with Crippen LogP contribution < -0.4 is 4.74 Å². The molecule has 4 unspecified atom stereocenters. The number of carbonyl (C=O) groups is 1. The third-order valence-corrected chi connectivity index (χ3v) is 5.20. The predicted octanol–water partition coefficient (Wildman–Crippen LogP) is 1.03. The summed E-state index contributed by atoms with van der Waals surface area (Å²) in [5.74, 6) is -0.449. The Hall–Kier alpha value is -2.05. The van der Waals surface area contributed by atoms with Crippen molar-refractivity contribution >= 4 is 5.97 Å². The number of carbonyl (C=O) groups excluding carboxylic acids is 1. The number of phenolic OH excluding ortho intramolecular Hbond substituents is 1. The maximum Gasteiger partial charge on any atom is 0.338 e. The highest BCUT2D eigenvalue weighted by molar-refractivity contribution is 5.94. The first-order valence-corrected chi connectivity index (χ1v) is 7.72. The molecule has 3 aliphatic rings. The number of rotatable bonds is 1. The molecule has 6 heteroatoms. The van der Waals surface area contributed by atoms with Crippen molar-refractivity contribution in [1.29, 1.82) is 0 Å². The average Bonchev–Trinajstić information content (AvgIpc) is 2.88. The number of hydrogen-bond acceptors (Lipinski definition) is 6. The summed E-state index contributed by atoms with van der Waals surface area (Å²) < 4.78 is 10.6. The van der Waals surface area contributed by atoms with Gasteiger partial charge in [-0.2, -0.15) is 0 Å². The lowest BCUT2D eigenvalue weighted by molar-refractivity contribution is -0.0337. The smallest absolute Gasteiger partial charge is 0.338 e. The molecule has 1 fully saturated rings. The topological polar surface area (TPSA) is 79.2 Å². The number of methoxy groups -OCH3 is 1. The number of ether oxygens (including phenoxy) is 2. The lowest BCUT2D eigenvalue weighted by Crippen LogP contribution is -2.50. The first kappa shape index (κ1) is 14.5. The van der Waals surface area contributed by atoms with Gasteiger partial charge in [0.15, 0.2) is 11.5 Å². The van der Waals surface area contributed by atoms with Gasteiger partial charge in [-0.05, 0) is 31.2 Å². The Bertz CT molecular complexity index is 713. The fourth-order valence-corrected chi connectivity index (χ4v) is 4.15. The molecule has 0 aromatic heterocycles. The van der Waals surface area contributed by atoms with Crippen molar-refractivity contribution in [3.8, 4) is 11.5 Å². The van der Waals surface area contributed by atoms with Crippen LogP contribution in [0.3, 0.4) is 0 Å². The van der Waals surface area contributed by atoms with Gasteiger partial charge >= 0.3 is 5.97 Å². The van der Waals surface area contributed by atoms with Gasteiger partial charge in [0.2, 0.25) is 0 Å². The maximum absolute atomic E-state index is 12.3. The first-order chi connectivity index (χ1) is 11.0. The lowest BCUT2D eigenvalue weighted by Gasteiger charge is -2.43. The summed E-state index contributed by atoms with van der Waals surface area (Å²) in [5, 5.41) is 20.5. The molecule has 1 saturated heterocycles. The van der Waals surface area contributed by atoms with Crippen LogP contribution in [0.4, 0.5) is 0 Å². The maximum atomic E-state index is 12.3. The largest absolute Gasteiger partial charge is 0.504 e. The zero-order valence-corrected chi connectivity index (χ0v) is 13.0. The standard InChI is InChI=1S/C17H19NO5/c1-18-4-3-8-5-12(20)16-14(15(8)18)9-6-11(19)13(22-2)7-10(9)17(21)23-16/h5-7,12,14-16,19-20H,3-4H2,1-2H3. The lowest BCUT2D eigenvalue weighted by atomic mass is 9.74. The predicted molar refractivity (Wildman–Crippen MR) is 81.7 cm³/mol. The summed E-state index contributed by atoms with van der Waals surface area (Å²) in [5.41, 5.74) is 2.28. The van der Waals surface area contributed by atoms with E-state index in [1.165, 1.54) is 18.7 Å². The van der Waals surface area contributed by atoms with Crippen molar-refractivity contribution in [2.45, 2.75) is 30.6 Å². The molecule has 2 heterocycles. The van der Waals surface area contributed by atoms with Gasteiger partial charge in [-0.3, -0.25) is 4.90 Å². The summed E-state index contributed by atoms with van der Waals surface area (Å²) in [6.45, 7) is 0.901. The van der Waals surface area contributed by atoms with Gasteiger partial charge in [0, 0.05) is 18.5 Å². The molecular formula is C17H19NO5. The number of aliphatic hydroxyl groups is 1. The number of fused-ring (bicyclic) bond motifs is 5. The first-order valence-electron chi connectivity index (χ1n) is 7.72. The molecule has 4 atom stereocenters. The van der Waals surface area contributed by atoms with Crippen LogP contribution in [0.15, 0.2) is 23.8 Å². The zero-order valence-electron chi connectivity index (χ0n) is 13.0. The Morgan fingerprint density at radius 2 is 2.17 bits per heavy atom. The van der Waals surface area contributed by atoms with Crippen molar-refractivity contribution in [1.82, 2.24) is 4.90 Å². The van der Waals surface area contributed by atoms with Gasteiger partial charge in [0.05, 0.1) is 12.7 Å². The van der Waals surface area contributed by atoms with Crippen molar-refractivity contribution < 1.29 is 24.5 Å². The van der Waals surface area contributed by atoms with E-state index in [4.69, 9.17) is 9.47 Å². The van der Waals surface area contributed by atoms with Crippen LogP contribution >= 0.6 is 0 Å². The minimum absolute atomic E-state index is 0.00839. The second kappa shape index (κ2) is 4.97. The summed E-state index contributed by atoms with van der Waals surface area (Å²) in [7, 11) is 3.47. The highest BCUT2D eigenvalue weighted by Crippen LogP contribution is 2.47. The number of phenols is 1. The van der Waals surface area contributed by atoms with Crippen molar-refractivity contribution in [3.63, 3.8) is 0 Å². The molecule has 0 amide bonds. The van der Waals surface area contributed by atoms with E-state index in [0.29, 0.717) is 11.1 Å². The molecule has 1 aromatic rings. The SMILES string of the molecule is COc1cc2c(cc1O)C1C(OC2=O)C(O)C=C2CCN(C)C21. The molecule has 0 spiro atoms. The normalized spacial score (nSPS) is 32.5. The molecular weight excluding hydrogens is 298 g/mol. The van der Waals surface area contributed by atoms with E-state index < -0.39 is 18.2 Å². The molecule has 0 saturated carbocycles. The molecule has 4 rings (SSSR count). The summed E-state index contributed by atoms with van der Waals surface area (Å²) in [6.07, 6.45) is 1.26. The average molecular weight is 317 g/mol. The van der Waals surface area contributed by atoms with Crippen molar-refractivity contribution in [2.75, 3.05) is 20.7 Å². The number of likely N-dealkylation sites (N-methyl/N-ethyl adjacent to an activating group) is 1. The fraction of sp³-hybridized carbons (Fsp3) is 0.471. The van der Waals surface area contributed by atoms with E-state index in [1.54, 1.807) is 6.07 Å². The van der Waals surface area contributed by atoms with Crippen LogP contribution in [-0.2, 0) is 4.74 Å². The fourth-order valence-electron chi connectivity index (χ4n) is 4.15. The van der Waals surface area contributed by atoms with E-state index in [0.717, 1.165) is 13.0 Å². The number of benzene rings is 1. The van der Waals surface area contributed by atoms with Crippen LogP contribution in [0.25, 0.3) is 0 Å². The van der Waals surface area contributed by atoms with Crippen molar-refractivity contribution in [3.05, 3.63) is 34.9 Å². The molecule has 1 aliphatic carbocycles. The van der Waals surface area contributed by atoms with Crippen LogP contribution in [0.1, 0.15) is 28.3 Å². The Labute approximate surface area is 133 Å². The minimum Gasteiger partial charge on any atom is -0.504 e. The van der Waals surface area contributed by atoms with Gasteiger partial charge in [0.1, 0.15) is 12.2 Å². The quantitative estimate of drug-likeness (QED) is 0.595. The number of aliphatic hydroxyl groups excluding tert-OH is 1. The molecule has 1 aromatic carbocycles. The van der Waals surface area contributed by atoms with E-state index in [9.17, 15) is 15.0 Å². The minimum atomic E-state index is -0.820. The van der Waals surface area contributed by atoms with E-state index in [-0.39, 0.29) is 23.5 Å². The van der Waals surface area contributed by atoms with Gasteiger partial charge < -0.3 is 19.7 Å². The van der Waals surface area contributed by atoms with Crippen LogP contribution in [-0.4, -0.2) is 60.0 Å². The van der Waals surface area contributed by atoms with Crippen molar-refractivity contribution in [2.24, 2.45) is 0 Å². The van der Waals surface area contributed by atoms with E-state index >= 15 is 0 Å². The van der Waals surface area contributed by atoms with Crippen LogP contribution in [0, 0.1) is 0 Å². The number of aromatic hydroxyl groups is 1. The highest BCUT2D eigenvalue weighted by atomic mass is 16.6. The molecule has 23 heavy (non-hydrogen) atoms. The van der Waals surface area contributed by atoms with E-state index in [1.807, 2.05) is 13.1 Å². The highest BCUT2D eigenvalue weighted by Gasteiger charge is 2.50. The van der Waals surface area contributed by atoms with Gasteiger partial charge in [-0.1, -0.05) is 11.6 Å². The molecule has 0 bridgehead atoms. The molecule has 2 aliphatic heterocycles. The van der Waals surface area contributed by atoms with Crippen LogP contribution in [0.5, 0.6) is 11.5 Å². The Morgan fingerprint density at radius 3 is 2.91 bits per heavy atom. The number of esters is 1. The van der Waals surface area contributed by atoms with E-state index in [2.05, 4.69) is 4.90 Å². The molecule has 6 nitrogen and oxygen atoms in total. The Kier molecular flexibility index (Phi) is 3.14. The molecule has 0 radical (unpaired) electrons. The van der Waals surface area contributed by atoms with Gasteiger partial charge in [-0.25, -0.2) is 4.79 Å². The monoisotopic (exact) mass is 317 g/mol. The summed E-state index contributed by atoms with van der Waals surface area (Å²) in [6, 6.07) is 3.17.